The Morgan fingerprint density at radius 3 is 1.71 bits per heavy atom. The molecule has 0 fully saturated rings. The fraction of sp³-hybridized carbons (Fsp3) is 0. The molecule has 0 radical (unpaired) electrons. The highest BCUT2D eigenvalue weighted by molar-refractivity contribution is 6.20. The summed E-state index contributed by atoms with van der Waals surface area (Å²) >= 11 is 0. The van der Waals surface area contributed by atoms with Crippen LogP contribution in [0.2, 0.25) is 0 Å². The maximum absolute atomic E-state index is 6.98. The van der Waals surface area contributed by atoms with Crippen molar-refractivity contribution in [2.24, 2.45) is 0 Å². The molecular weight excluding hydrogens is 789 g/mol. The lowest BCUT2D eigenvalue weighted by molar-refractivity contribution is 0.669. The second-order valence-electron chi connectivity index (χ2n) is 16.8. The van der Waals surface area contributed by atoms with Crippen LogP contribution in [0.1, 0.15) is 0 Å². The topological polar surface area (TPSA) is 21.3 Å². The summed E-state index contributed by atoms with van der Waals surface area (Å²) in [6.07, 6.45) is 0. The van der Waals surface area contributed by atoms with Crippen LogP contribution in [-0.2, 0) is 0 Å². The van der Waals surface area contributed by atoms with Gasteiger partial charge in [-0.3, -0.25) is 0 Å². The Labute approximate surface area is 376 Å². The third-order valence-electron chi connectivity index (χ3n) is 13.1. The Kier molecular flexibility index (Phi) is 8.53. The Balaban J connectivity index is 1.09. The number of aromatic nitrogens is 1. The van der Waals surface area contributed by atoms with Crippen molar-refractivity contribution >= 4 is 82.4 Å². The fourth-order valence-electron chi connectivity index (χ4n) is 10.2. The third kappa shape index (κ3) is 6.05. The van der Waals surface area contributed by atoms with Crippen molar-refractivity contribution < 1.29 is 4.42 Å². The molecule has 0 saturated heterocycles. The largest absolute Gasteiger partial charge is 0.454 e. The van der Waals surface area contributed by atoms with Gasteiger partial charge in [-0.25, -0.2) is 0 Å². The summed E-state index contributed by atoms with van der Waals surface area (Å²) in [5.41, 5.74) is 15.3. The zero-order valence-corrected chi connectivity index (χ0v) is 35.4. The van der Waals surface area contributed by atoms with Crippen LogP contribution in [0, 0.1) is 0 Å². The highest BCUT2D eigenvalue weighted by Gasteiger charge is 2.25. The van der Waals surface area contributed by atoms with Crippen LogP contribution in [0.15, 0.2) is 247 Å². The number of hydrogen-bond donors (Lipinski definition) is 0. The zero-order chi connectivity index (χ0) is 42.8. The Hall–Kier alpha value is -8.66. The minimum atomic E-state index is 0.851. The second kappa shape index (κ2) is 15.0. The van der Waals surface area contributed by atoms with Crippen LogP contribution in [-0.4, -0.2) is 4.57 Å². The Bertz CT molecular complexity index is 3950. The van der Waals surface area contributed by atoms with Crippen molar-refractivity contribution in [2.75, 3.05) is 4.90 Å². The van der Waals surface area contributed by atoms with Crippen LogP contribution in [0.4, 0.5) is 17.1 Å². The van der Waals surface area contributed by atoms with Gasteiger partial charge in [0, 0.05) is 44.0 Å². The molecule has 2 heterocycles. The summed E-state index contributed by atoms with van der Waals surface area (Å²) in [4.78, 5) is 2.43. The molecule has 0 aliphatic carbocycles. The van der Waals surface area contributed by atoms with Gasteiger partial charge in [0.1, 0.15) is 5.58 Å². The lowest BCUT2D eigenvalue weighted by Gasteiger charge is -2.28. The normalized spacial score (nSPS) is 11.7. The minimum Gasteiger partial charge on any atom is -0.454 e. The molecule has 0 atom stereocenters. The molecule has 0 aliphatic rings. The van der Waals surface area contributed by atoms with Crippen molar-refractivity contribution in [1.29, 1.82) is 0 Å². The summed E-state index contributed by atoms with van der Waals surface area (Å²) in [6.45, 7) is 0. The molecule has 3 heteroatoms. The van der Waals surface area contributed by atoms with Crippen LogP contribution in [0.5, 0.6) is 0 Å². The van der Waals surface area contributed by atoms with E-state index in [1.807, 2.05) is 0 Å². The van der Waals surface area contributed by atoms with Gasteiger partial charge in [-0.15, -0.1) is 0 Å². The molecule has 0 aliphatic heterocycles. The van der Waals surface area contributed by atoms with E-state index in [-0.39, 0.29) is 0 Å². The summed E-state index contributed by atoms with van der Waals surface area (Å²) in [5.74, 6) is 0. The molecule has 65 heavy (non-hydrogen) atoms. The number of nitrogens with zero attached hydrogens (tertiary/aromatic N) is 2. The van der Waals surface area contributed by atoms with E-state index in [2.05, 4.69) is 252 Å². The molecule has 2 aromatic heterocycles. The van der Waals surface area contributed by atoms with Crippen LogP contribution in [0.3, 0.4) is 0 Å². The first-order valence-corrected chi connectivity index (χ1v) is 22.2. The first-order chi connectivity index (χ1) is 32.2. The number of benzene rings is 11. The number of para-hydroxylation sites is 2. The number of anilines is 3. The van der Waals surface area contributed by atoms with Gasteiger partial charge < -0.3 is 13.9 Å². The van der Waals surface area contributed by atoms with Gasteiger partial charge in [0.15, 0.2) is 5.58 Å². The highest BCUT2D eigenvalue weighted by atomic mass is 16.3. The molecule has 0 bridgehead atoms. The van der Waals surface area contributed by atoms with E-state index in [0.29, 0.717) is 0 Å². The first-order valence-electron chi connectivity index (χ1n) is 22.2. The van der Waals surface area contributed by atoms with Gasteiger partial charge in [-0.1, -0.05) is 188 Å². The van der Waals surface area contributed by atoms with Crippen LogP contribution < -0.4 is 4.90 Å². The van der Waals surface area contributed by atoms with E-state index in [9.17, 15) is 0 Å². The number of fused-ring (bicyclic) bond motifs is 8. The van der Waals surface area contributed by atoms with Gasteiger partial charge in [0.25, 0.3) is 0 Å². The van der Waals surface area contributed by atoms with Gasteiger partial charge in [-0.2, -0.15) is 0 Å². The average molecular weight is 829 g/mol. The maximum Gasteiger partial charge on any atom is 0.160 e. The smallest absolute Gasteiger partial charge is 0.160 e. The molecule has 3 nitrogen and oxygen atoms in total. The Morgan fingerprint density at radius 1 is 0.323 bits per heavy atom. The van der Waals surface area contributed by atoms with Crippen molar-refractivity contribution in [3.63, 3.8) is 0 Å². The van der Waals surface area contributed by atoms with E-state index in [1.165, 1.54) is 49.4 Å². The number of rotatable bonds is 7. The molecule has 0 unspecified atom stereocenters. The van der Waals surface area contributed by atoms with Gasteiger partial charge in [0.2, 0.25) is 0 Å². The fourth-order valence-corrected chi connectivity index (χ4v) is 10.2. The third-order valence-corrected chi connectivity index (χ3v) is 13.1. The molecule has 0 spiro atoms. The molecule has 11 aromatic carbocycles. The van der Waals surface area contributed by atoms with Crippen LogP contribution in [0.25, 0.3) is 104 Å². The van der Waals surface area contributed by atoms with Crippen molar-refractivity contribution in [2.45, 2.75) is 0 Å². The monoisotopic (exact) mass is 828 g/mol. The SMILES string of the molecule is c1ccc(-c2cccc(-n3c4ccccc4c4ccc(N(c5cccc(-c6ccc(-c7ccccc7)c7ccccc67)c5)c5c6ccccc6cc6c5oc5ccccc56)cc43)c2)cc1. The maximum atomic E-state index is 6.98. The lowest BCUT2D eigenvalue weighted by Crippen LogP contribution is -2.11. The van der Waals surface area contributed by atoms with E-state index in [1.54, 1.807) is 0 Å². The van der Waals surface area contributed by atoms with Crippen LogP contribution >= 0.6 is 0 Å². The summed E-state index contributed by atoms with van der Waals surface area (Å²) in [5, 5.41) is 9.30. The zero-order valence-electron chi connectivity index (χ0n) is 35.4. The second-order valence-corrected chi connectivity index (χ2v) is 16.8. The van der Waals surface area contributed by atoms with Gasteiger partial charge in [-0.05, 0) is 104 Å². The summed E-state index contributed by atoms with van der Waals surface area (Å²) < 4.78 is 9.41. The van der Waals surface area contributed by atoms with E-state index < -0.39 is 0 Å². The molecule has 0 saturated carbocycles. The van der Waals surface area contributed by atoms with E-state index >= 15 is 0 Å². The lowest BCUT2D eigenvalue weighted by atomic mass is 9.92. The predicted octanol–water partition coefficient (Wildman–Crippen LogP) is 17.5. The van der Waals surface area contributed by atoms with Crippen molar-refractivity contribution in [3.05, 3.63) is 243 Å². The van der Waals surface area contributed by atoms with E-state index in [0.717, 1.165) is 72.1 Å². The standard InChI is InChI=1S/C62H40N2O/c1-3-17-41(18-4-1)43-22-15-25-47(37-43)64-58-31-13-11-29-54(58)55-34-33-48(40-59(55)64)63(61-51-26-8-7-21-45(51)39-57-56-30-12-14-32-60(56)65-62(57)61)46-24-16-23-44(38-46)50-36-35-49(42-19-5-2-6-20-42)52-27-9-10-28-53(50)52/h1-40H. The highest BCUT2D eigenvalue weighted by Crippen LogP contribution is 2.49. The number of hydrogen-bond acceptors (Lipinski definition) is 2. The minimum absolute atomic E-state index is 0.851. The number of furan rings is 1. The molecule has 13 aromatic rings. The van der Waals surface area contributed by atoms with Crippen molar-refractivity contribution in [3.8, 4) is 39.1 Å². The van der Waals surface area contributed by atoms with Gasteiger partial charge in [0.05, 0.1) is 16.7 Å². The average Bonchev–Trinajstić information content (AvgIpc) is 3.92. The van der Waals surface area contributed by atoms with E-state index in [4.69, 9.17) is 4.42 Å². The van der Waals surface area contributed by atoms with Gasteiger partial charge >= 0.3 is 0 Å². The Morgan fingerprint density at radius 2 is 0.908 bits per heavy atom. The quantitative estimate of drug-likeness (QED) is 0.160. The first kappa shape index (κ1) is 36.9. The molecule has 13 rings (SSSR count). The molecule has 0 N–H and O–H groups in total. The summed E-state index contributed by atoms with van der Waals surface area (Å²) in [6, 6.07) is 87.7. The molecule has 0 amide bonds. The summed E-state index contributed by atoms with van der Waals surface area (Å²) in [7, 11) is 0. The van der Waals surface area contributed by atoms with Crippen molar-refractivity contribution in [1.82, 2.24) is 4.57 Å². The molecule has 304 valence electrons. The molecular formula is C62H40N2O. The predicted molar refractivity (Wildman–Crippen MR) is 274 cm³/mol.